The summed E-state index contributed by atoms with van der Waals surface area (Å²) >= 11 is 0. The lowest BCUT2D eigenvalue weighted by Gasteiger charge is -2.32. The number of nitrogens with zero attached hydrogens (tertiary/aromatic N) is 3. The number of nitrogens with two attached hydrogens (primary N) is 1. The van der Waals surface area contributed by atoms with Crippen molar-refractivity contribution in [1.82, 2.24) is 9.97 Å². The van der Waals surface area contributed by atoms with Crippen molar-refractivity contribution in [3.63, 3.8) is 0 Å². The summed E-state index contributed by atoms with van der Waals surface area (Å²) in [7, 11) is 0. The third kappa shape index (κ3) is 1.85. The molecule has 0 bridgehead atoms. The highest BCUT2D eigenvalue weighted by molar-refractivity contribution is 5.42. The van der Waals surface area contributed by atoms with E-state index >= 15 is 0 Å². The molecule has 1 atom stereocenters. The van der Waals surface area contributed by atoms with E-state index in [2.05, 4.69) is 14.9 Å². The van der Waals surface area contributed by atoms with Gasteiger partial charge in [0.15, 0.2) is 0 Å². The van der Waals surface area contributed by atoms with Gasteiger partial charge in [-0.15, -0.1) is 0 Å². The Hall–Kier alpha value is -1.16. The average Bonchev–Trinajstić information content (AvgIpc) is 2.18. The third-order valence-corrected chi connectivity index (χ3v) is 2.61. The first-order valence-electron chi connectivity index (χ1n) is 5.05. The van der Waals surface area contributed by atoms with Gasteiger partial charge in [0.1, 0.15) is 5.82 Å². The van der Waals surface area contributed by atoms with Crippen LogP contribution in [0.4, 0.5) is 5.82 Å². The minimum absolute atomic E-state index is 0.283. The zero-order chi connectivity index (χ0) is 9.97. The molecule has 1 aromatic heterocycles. The Labute approximate surface area is 84.2 Å². The van der Waals surface area contributed by atoms with Crippen LogP contribution in [0.1, 0.15) is 18.5 Å². The minimum atomic E-state index is 0.283. The molecule has 0 amide bonds. The van der Waals surface area contributed by atoms with E-state index in [9.17, 15) is 0 Å². The maximum Gasteiger partial charge on any atom is 0.150 e. The van der Waals surface area contributed by atoms with Crippen molar-refractivity contribution in [2.24, 2.45) is 5.73 Å². The molecule has 4 heteroatoms. The number of hydrogen-bond acceptors (Lipinski definition) is 4. The van der Waals surface area contributed by atoms with Gasteiger partial charge in [-0.3, -0.25) is 4.98 Å². The maximum absolute atomic E-state index is 5.92. The largest absolute Gasteiger partial charge is 0.354 e. The first-order chi connectivity index (χ1) is 6.77. The Morgan fingerprint density at radius 3 is 2.93 bits per heavy atom. The number of anilines is 1. The monoisotopic (exact) mass is 192 g/mol. The van der Waals surface area contributed by atoms with E-state index in [0.717, 1.165) is 37.4 Å². The van der Waals surface area contributed by atoms with Gasteiger partial charge in [-0.2, -0.15) is 0 Å². The molecule has 0 spiro atoms. The summed E-state index contributed by atoms with van der Waals surface area (Å²) in [5.74, 6) is 0.989. The third-order valence-electron chi connectivity index (χ3n) is 2.61. The SMILES string of the molecule is Cc1nccnc1N1CCC[C@H](N)C1. The fraction of sp³-hybridized carbons (Fsp3) is 0.600. The van der Waals surface area contributed by atoms with E-state index in [1.807, 2.05) is 6.92 Å². The number of aromatic nitrogens is 2. The predicted octanol–water partition coefficient (Wildman–Crippen LogP) is 0.713. The van der Waals surface area contributed by atoms with E-state index in [-0.39, 0.29) is 6.04 Å². The van der Waals surface area contributed by atoms with Gasteiger partial charge >= 0.3 is 0 Å². The van der Waals surface area contributed by atoms with E-state index in [1.54, 1.807) is 12.4 Å². The second-order valence-corrected chi connectivity index (χ2v) is 3.81. The van der Waals surface area contributed by atoms with Crippen LogP contribution < -0.4 is 10.6 Å². The molecular weight excluding hydrogens is 176 g/mol. The number of hydrogen-bond donors (Lipinski definition) is 1. The van der Waals surface area contributed by atoms with Gasteiger partial charge in [-0.05, 0) is 19.8 Å². The Bertz CT molecular complexity index is 313. The van der Waals surface area contributed by atoms with Crippen molar-refractivity contribution in [3.8, 4) is 0 Å². The predicted molar refractivity (Wildman–Crippen MR) is 56.2 cm³/mol. The van der Waals surface area contributed by atoms with Crippen molar-refractivity contribution >= 4 is 5.82 Å². The van der Waals surface area contributed by atoms with E-state index in [0.29, 0.717) is 0 Å². The van der Waals surface area contributed by atoms with Crippen molar-refractivity contribution in [3.05, 3.63) is 18.1 Å². The molecule has 0 aromatic carbocycles. The highest BCUT2D eigenvalue weighted by Crippen LogP contribution is 2.18. The molecule has 1 fully saturated rings. The second-order valence-electron chi connectivity index (χ2n) is 3.81. The molecule has 2 rings (SSSR count). The molecule has 76 valence electrons. The van der Waals surface area contributed by atoms with Gasteiger partial charge in [-0.25, -0.2) is 4.98 Å². The number of aryl methyl sites for hydroxylation is 1. The first kappa shape index (κ1) is 9.40. The van der Waals surface area contributed by atoms with Crippen molar-refractivity contribution in [1.29, 1.82) is 0 Å². The van der Waals surface area contributed by atoms with Gasteiger partial charge in [-0.1, -0.05) is 0 Å². The van der Waals surface area contributed by atoms with Crippen LogP contribution in [0.25, 0.3) is 0 Å². The Morgan fingerprint density at radius 2 is 2.21 bits per heavy atom. The second kappa shape index (κ2) is 3.92. The smallest absolute Gasteiger partial charge is 0.150 e. The molecule has 1 aliphatic rings. The Kier molecular flexibility index (Phi) is 2.63. The van der Waals surface area contributed by atoms with Crippen LogP contribution in [0.3, 0.4) is 0 Å². The van der Waals surface area contributed by atoms with Crippen LogP contribution in [0, 0.1) is 6.92 Å². The molecule has 2 heterocycles. The lowest BCUT2D eigenvalue weighted by molar-refractivity contribution is 0.502. The molecule has 14 heavy (non-hydrogen) atoms. The normalized spacial score (nSPS) is 22.4. The van der Waals surface area contributed by atoms with Crippen LogP contribution >= 0.6 is 0 Å². The molecule has 0 radical (unpaired) electrons. The number of piperidine rings is 1. The summed E-state index contributed by atoms with van der Waals surface area (Å²) in [5.41, 5.74) is 6.91. The van der Waals surface area contributed by atoms with Gasteiger partial charge in [0.05, 0.1) is 5.69 Å². The van der Waals surface area contributed by atoms with Gasteiger partial charge in [0.25, 0.3) is 0 Å². The van der Waals surface area contributed by atoms with Crippen LogP contribution in [0.15, 0.2) is 12.4 Å². The molecule has 2 N–H and O–H groups in total. The molecule has 0 aliphatic carbocycles. The summed E-state index contributed by atoms with van der Waals surface area (Å²) in [6, 6.07) is 0.283. The van der Waals surface area contributed by atoms with Crippen molar-refractivity contribution < 1.29 is 0 Å². The summed E-state index contributed by atoms with van der Waals surface area (Å²) in [4.78, 5) is 10.8. The zero-order valence-corrected chi connectivity index (χ0v) is 8.48. The topological polar surface area (TPSA) is 55.0 Å². The zero-order valence-electron chi connectivity index (χ0n) is 8.48. The molecule has 1 aliphatic heterocycles. The Morgan fingerprint density at radius 1 is 1.43 bits per heavy atom. The summed E-state index contributed by atoms with van der Waals surface area (Å²) in [5, 5.41) is 0. The molecule has 4 nitrogen and oxygen atoms in total. The van der Waals surface area contributed by atoms with Crippen LogP contribution in [-0.2, 0) is 0 Å². The van der Waals surface area contributed by atoms with Crippen LogP contribution in [0.5, 0.6) is 0 Å². The average molecular weight is 192 g/mol. The van der Waals surface area contributed by atoms with Crippen LogP contribution in [0.2, 0.25) is 0 Å². The van der Waals surface area contributed by atoms with E-state index in [4.69, 9.17) is 5.73 Å². The molecule has 1 aromatic rings. The lowest BCUT2D eigenvalue weighted by Crippen LogP contribution is -2.43. The fourth-order valence-corrected chi connectivity index (χ4v) is 1.91. The maximum atomic E-state index is 5.92. The van der Waals surface area contributed by atoms with Crippen LogP contribution in [-0.4, -0.2) is 29.1 Å². The fourth-order valence-electron chi connectivity index (χ4n) is 1.91. The molecule has 0 unspecified atom stereocenters. The number of rotatable bonds is 1. The summed E-state index contributed by atoms with van der Waals surface area (Å²) < 4.78 is 0. The lowest BCUT2D eigenvalue weighted by atomic mass is 10.1. The quantitative estimate of drug-likeness (QED) is 0.712. The highest BCUT2D eigenvalue weighted by Gasteiger charge is 2.19. The standard InChI is InChI=1S/C10H16N4/c1-8-10(13-5-4-12-8)14-6-2-3-9(11)7-14/h4-5,9H,2-3,6-7,11H2,1H3/t9-/m0/s1. The first-order valence-corrected chi connectivity index (χ1v) is 5.05. The van der Waals surface area contributed by atoms with Crippen molar-refractivity contribution in [2.45, 2.75) is 25.8 Å². The Balaban J connectivity index is 2.18. The van der Waals surface area contributed by atoms with Gasteiger partial charge in [0.2, 0.25) is 0 Å². The molecule has 0 saturated carbocycles. The van der Waals surface area contributed by atoms with Crippen molar-refractivity contribution in [2.75, 3.05) is 18.0 Å². The summed E-state index contributed by atoms with van der Waals surface area (Å²) in [6.07, 6.45) is 5.73. The minimum Gasteiger partial charge on any atom is -0.354 e. The van der Waals surface area contributed by atoms with E-state index in [1.165, 1.54) is 0 Å². The molecule has 1 saturated heterocycles. The summed E-state index contributed by atoms with van der Waals surface area (Å²) in [6.45, 7) is 3.94. The van der Waals surface area contributed by atoms with Gasteiger partial charge < -0.3 is 10.6 Å². The molecular formula is C10H16N4. The van der Waals surface area contributed by atoms with E-state index < -0.39 is 0 Å². The van der Waals surface area contributed by atoms with Gasteiger partial charge in [0, 0.05) is 31.5 Å². The highest BCUT2D eigenvalue weighted by atomic mass is 15.2.